The minimum atomic E-state index is -0.156. The summed E-state index contributed by atoms with van der Waals surface area (Å²) in [6.45, 7) is 2.95. The van der Waals surface area contributed by atoms with Gasteiger partial charge in [0.1, 0.15) is 0 Å². The molecule has 2 aromatic rings. The van der Waals surface area contributed by atoms with E-state index in [1.54, 1.807) is 6.20 Å². The van der Waals surface area contributed by atoms with Gasteiger partial charge in [0.15, 0.2) is 5.78 Å². The summed E-state index contributed by atoms with van der Waals surface area (Å²) in [6, 6.07) is 7.92. The molecule has 3 rings (SSSR count). The van der Waals surface area contributed by atoms with E-state index in [0.717, 1.165) is 25.1 Å². The van der Waals surface area contributed by atoms with Gasteiger partial charge in [-0.05, 0) is 18.1 Å². The van der Waals surface area contributed by atoms with E-state index in [9.17, 15) is 4.79 Å². The van der Waals surface area contributed by atoms with Crippen molar-refractivity contribution >= 4 is 11.5 Å². The van der Waals surface area contributed by atoms with Crippen molar-refractivity contribution in [2.75, 3.05) is 5.32 Å². The first-order valence-corrected chi connectivity index (χ1v) is 6.69. The Morgan fingerprint density at radius 2 is 2.32 bits per heavy atom. The maximum atomic E-state index is 12.4. The van der Waals surface area contributed by atoms with Crippen LogP contribution in [0.1, 0.15) is 29.3 Å². The van der Waals surface area contributed by atoms with Gasteiger partial charge >= 0.3 is 0 Å². The normalized spacial score (nSPS) is 17.0. The molecule has 19 heavy (non-hydrogen) atoms. The van der Waals surface area contributed by atoms with Crippen molar-refractivity contribution in [1.29, 1.82) is 0 Å². The first kappa shape index (κ1) is 12.0. The van der Waals surface area contributed by atoms with Crippen LogP contribution in [0.25, 0.3) is 0 Å². The van der Waals surface area contributed by atoms with Crippen LogP contribution in [-0.4, -0.2) is 21.6 Å². The summed E-state index contributed by atoms with van der Waals surface area (Å²) in [7, 11) is 0. The topological polar surface area (TPSA) is 46.9 Å². The molecule has 0 aliphatic carbocycles. The molecule has 0 spiro atoms. The first-order chi connectivity index (χ1) is 9.28. The lowest BCUT2D eigenvalue weighted by atomic mass is 10.0. The van der Waals surface area contributed by atoms with Crippen LogP contribution < -0.4 is 5.32 Å². The van der Waals surface area contributed by atoms with Gasteiger partial charge < -0.3 is 5.32 Å². The van der Waals surface area contributed by atoms with Crippen molar-refractivity contribution in [3.63, 3.8) is 0 Å². The number of anilines is 1. The number of para-hydroxylation sites is 1. The molecule has 98 valence electrons. The summed E-state index contributed by atoms with van der Waals surface area (Å²) in [5.74, 6) is 0.124. The molecular formula is C15H17N3O. The third kappa shape index (κ3) is 2.26. The van der Waals surface area contributed by atoms with E-state index in [-0.39, 0.29) is 11.8 Å². The number of ketones is 1. The van der Waals surface area contributed by atoms with Gasteiger partial charge in [0.25, 0.3) is 0 Å². The summed E-state index contributed by atoms with van der Waals surface area (Å²) in [5, 5.41) is 7.50. The van der Waals surface area contributed by atoms with Crippen molar-refractivity contribution in [2.45, 2.75) is 32.4 Å². The zero-order valence-electron chi connectivity index (χ0n) is 11.0. The summed E-state index contributed by atoms with van der Waals surface area (Å²) in [5.41, 5.74) is 2.97. The Morgan fingerprint density at radius 3 is 3.11 bits per heavy atom. The number of hydrogen-bond donors (Lipinski definition) is 1. The molecule has 0 bridgehead atoms. The van der Waals surface area contributed by atoms with Crippen LogP contribution in [0.3, 0.4) is 0 Å². The molecule has 1 aliphatic heterocycles. The molecule has 1 aromatic carbocycles. The number of carbonyl (C=O) groups excluding carboxylic acids is 1. The molecule has 1 N–H and O–H groups in total. The Kier molecular flexibility index (Phi) is 3.07. The fourth-order valence-electron chi connectivity index (χ4n) is 2.50. The molecule has 0 radical (unpaired) electrons. The number of nitrogens with one attached hydrogen (secondary N) is 1. The standard InChI is InChI=1S/C15H17N3O/c1-2-7-18-10-12(9-16-18)15(19)14-8-11-5-3-4-6-13(11)17-14/h3-6,9-10,14,17H,2,7-8H2,1H3. The van der Waals surface area contributed by atoms with Crippen molar-refractivity contribution in [3.05, 3.63) is 47.8 Å². The monoisotopic (exact) mass is 255 g/mol. The van der Waals surface area contributed by atoms with Crippen LogP contribution >= 0.6 is 0 Å². The maximum absolute atomic E-state index is 12.4. The summed E-state index contributed by atoms with van der Waals surface area (Å²) < 4.78 is 1.83. The lowest BCUT2D eigenvalue weighted by molar-refractivity contribution is 0.0971. The van der Waals surface area contributed by atoms with Gasteiger partial charge in [-0.25, -0.2) is 0 Å². The smallest absolute Gasteiger partial charge is 0.188 e. The highest BCUT2D eigenvalue weighted by molar-refractivity contribution is 6.02. The second-order valence-corrected chi connectivity index (χ2v) is 4.91. The maximum Gasteiger partial charge on any atom is 0.188 e. The fraction of sp³-hybridized carbons (Fsp3) is 0.333. The predicted molar refractivity (Wildman–Crippen MR) is 74.4 cm³/mol. The van der Waals surface area contributed by atoms with E-state index in [0.29, 0.717) is 5.56 Å². The van der Waals surface area contributed by atoms with Gasteiger partial charge in [0.2, 0.25) is 0 Å². The lowest BCUT2D eigenvalue weighted by Crippen LogP contribution is -2.26. The predicted octanol–water partition coefficient (Wildman–Crippen LogP) is 2.51. The number of aromatic nitrogens is 2. The molecule has 0 saturated carbocycles. The van der Waals surface area contributed by atoms with Crippen molar-refractivity contribution in [3.8, 4) is 0 Å². The second kappa shape index (κ2) is 4.88. The Labute approximate surface area is 112 Å². The van der Waals surface area contributed by atoms with E-state index in [4.69, 9.17) is 0 Å². The van der Waals surface area contributed by atoms with Gasteiger partial charge in [0.05, 0.1) is 17.8 Å². The number of fused-ring (bicyclic) bond motifs is 1. The molecule has 4 heteroatoms. The molecular weight excluding hydrogens is 238 g/mol. The first-order valence-electron chi connectivity index (χ1n) is 6.69. The van der Waals surface area contributed by atoms with Crippen LogP contribution in [0, 0.1) is 0 Å². The van der Waals surface area contributed by atoms with Crippen LogP contribution in [0.4, 0.5) is 5.69 Å². The third-order valence-corrected chi connectivity index (χ3v) is 3.46. The quantitative estimate of drug-likeness (QED) is 0.854. The molecule has 0 saturated heterocycles. The molecule has 4 nitrogen and oxygen atoms in total. The van der Waals surface area contributed by atoms with E-state index < -0.39 is 0 Å². The average Bonchev–Trinajstić information content (AvgIpc) is 3.04. The average molecular weight is 255 g/mol. The zero-order valence-corrected chi connectivity index (χ0v) is 11.0. The lowest BCUT2D eigenvalue weighted by Gasteiger charge is -2.08. The Bertz CT molecular complexity index is 578. The zero-order chi connectivity index (χ0) is 13.2. The Hall–Kier alpha value is -2.10. The number of Topliss-reactive ketones (excluding diaryl/α,β-unsaturated/α-hetero) is 1. The van der Waals surface area contributed by atoms with Gasteiger partial charge in [0, 0.05) is 24.8 Å². The molecule has 0 fully saturated rings. The number of aryl methyl sites for hydroxylation is 1. The number of carbonyl (C=O) groups is 1. The third-order valence-electron chi connectivity index (χ3n) is 3.46. The highest BCUT2D eigenvalue weighted by Gasteiger charge is 2.27. The van der Waals surface area contributed by atoms with E-state index >= 15 is 0 Å². The Morgan fingerprint density at radius 1 is 1.47 bits per heavy atom. The highest BCUT2D eigenvalue weighted by Crippen LogP contribution is 2.26. The largest absolute Gasteiger partial charge is 0.374 e. The van der Waals surface area contributed by atoms with Crippen LogP contribution in [0.2, 0.25) is 0 Å². The molecule has 1 atom stereocenters. The molecule has 2 heterocycles. The van der Waals surface area contributed by atoms with Gasteiger partial charge in [-0.3, -0.25) is 9.48 Å². The van der Waals surface area contributed by atoms with Crippen LogP contribution in [0.15, 0.2) is 36.7 Å². The summed E-state index contributed by atoms with van der Waals surface area (Å²) in [6.07, 6.45) is 5.29. The Balaban J connectivity index is 1.75. The minimum absolute atomic E-state index is 0.124. The molecule has 1 aliphatic rings. The number of benzene rings is 1. The molecule has 1 unspecified atom stereocenters. The highest BCUT2D eigenvalue weighted by atomic mass is 16.1. The van der Waals surface area contributed by atoms with Gasteiger partial charge in [-0.1, -0.05) is 25.1 Å². The van der Waals surface area contributed by atoms with Crippen molar-refractivity contribution in [2.24, 2.45) is 0 Å². The molecule has 1 aromatic heterocycles. The van der Waals surface area contributed by atoms with Crippen molar-refractivity contribution in [1.82, 2.24) is 9.78 Å². The minimum Gasteiger partial charge on any atom is -0.374 e. The fourth-order valence-corrected chi connectivity index (χ4v) is 2.50. The van der Waals surface area contributed by atoms with Gasteiger partial charge in [-0.15, -0.1) is 0 Å². The second-order valence-electron chi connectivity index (χ2n) is 4.91. The number of hydrogen-bond acceptors (Lipinski definition) is 3. The number of rotatable bonds is 4. The summed E-state index contributed by atoms with van der Waals surface area (Å²) >= 11 is 0. The van der Waals surface area contributed by atoms with E-state index in [2.05, 4.69) is 23.4 Å². The van der Waals surface area contributed by atoms with Crippen LogP contribution in [0.5, 0.6) is 0 Å². The SMILES string of the molecule is CCCn1cc(C(=O)C2Cc3ccccc3N2)cn1. The van der Waals surface area contributed by atoms with E-state index in [1.165, 1.54) is 5.56 Å². The molecule has 0 amide bonds. The summed E-state index contributed by atoms with van der Waals surface area (Å²) in [4.78, 5) is 12.4. The van der Waals surface area contributed by atoms with Crippen molar-refractivity contribution < 1.29 is 4.79 Å². The number of nitrogens with zero attached hydrogens (tertiary/aromatic N) is 2. The van der Waals surface area contributed by atoms with Crippen LogP contribution in [-0.2, 0) is 13.0 Å². The van der Waals surface area contributed by atoms with E-state index in [1.807, 2.05) is 29.1 Å². The van der Waals surface area contributed by atoms with Gasteiger partial charge in [-0.2, -0.15) is 5.10 Å².